The topological polar surface area (TPSA) is 123 Å². The molecule has 2 aromatic carbocycles. The molecule has 0 aliphatic carbocycles. The third kappa shape index (κ3) is 4.67. The minimum Gasteiger partial charge on any atom is -0.486 e. The van der Waals surface area contributed by atoms with Crippen molar-refractivity contribution in [1.29, 1.82) is 0 Å². The van der Waals surface area contributed by atoms with Crippen LogP contribution in [0.1, 0.15) is 20.7 Å². The van der Waals surface area contributed by atoms with Crippen molar-refractivity contribution in [3.05, 3.63) is 53.6 Å². The third-order valence-corrected chi connectivity index (χ3v) is 4.15. The maximum Gasteiger partial charge on any atom is 0.271 e. The number of rotatable bonds is 4. The molecule has 3 rings (SSSR count). The van der Waals surface area contributed by atoms with Gasteiger partial charge in [-0.05, 0) is 30.3 Å². The summed E-state index contributed by atoms with van der Waals surface area (Å²) in [5.41, 5.74) is 4.97. The van der Waals surface area contributed by atoms with Crippen molar-refractivity contribution in [3.8, 4) is 11.5 Å². The van der Waals surface area contributed by atoms with E-state index in [2.05, 4.69) is 15.6 Å². The molecule has 0 radical (unpaired) electrons. The Morgan fingerprint density at radius 2 is 1.59 bits per heavy atom. The zero-order valence-electron chi connectivity index (χ0n) is 14.3. The highest BCUT2D eigenvalue weighted by molar-refractivity contribution is 7.92. The van der Waals surface area contributed by atoms with Gasteiger partial charge in [0.15, 0.2) is 11.5 Å². The molecular weight excluding hydrogens is 374 g/mol. The van der Waals surface area contributed by atoms with Gasteiger partial charge in [0, 0.05) is 5.56 Å². The summed E-state index contributed by atoms with van der Waals surface area (Å²) < 4.78 is 35.9. The Bertz CT molecular complexity index is 990. The van der Waals surface area contributed by atoms with Crippen molar-refractivity contribution in [2.24, 2.45) is 0 Å². The molecule has 0 atom stereocenters. The third-order valence-electron chi connectivity index (χ3n) is 3.56. The number of carbonyl (C=O) groups excluding carboxylic acids is 2. The van der Waals surface area contributed by atoms with Crippen LogP contribution in [0.2, 0.25) is 0 Å². The van der Waals surface area contributed by atoms with Crippen molar-refractivity contribution < 1.29 is 27.5 Å². The van der Waals surface area contributed by atoms with Crippen molar-refractivity contribution in [2.75, 3.05) is 24.2 Å². The highest BCUT2D eigenvalue weighted by atomic mass is 32.2. The highest BCUT2D eigenvalue weighted by Crippen LogP contribution is 2.30. The van der Waals surface area contributed by atoms with Crippen molar-refractivity contribution in [1.82, 2.24) is 10.9 Å². The first-order valence-electron chi connectivity index (χ1n) is 7.90. The van der Waals surface area contributed by atoms with E-state index in [-0.39, 0.29) is 16.8 Å². The Labute approximate surface area is 155 Å². The van der Waals surface area contributed by atoms with Gasteiger partial charge in [0.05, 0.1) is 17.5 Å². The van der Waals surface area contributed by atoms with Crippen LogP contribution in [0.4, 0.5) is 5.69 Å². The van der Waals surface area contributed by atoms with Gasteiger partial charge in [0.1, 0.15) is 13.2 Å². The molecule has 9 nitrogen and oxygen atoms in total. The largest absolute Gasteiger partial charge is 0.486 e. The van der Waals surface area contributed by atoms with Crippen LogP contribution in [0.5, 0.6) is 11.5 Å². The molecule has 2 amide bonds. The van der Waals surface area contributed by atoms with Crippen LogP contribution in [0.25, 0.3) is 0 Å². The number of fused-ring (bicyclic) bond motifs is 1. The number of amides is 2. The Morgan fingerprint density at radius 3 is 2.33 bits per heavy atom. The Kier molecular flexibility index (Phi) is 5.17. The molecular formula is C17H17N3O6S. The summed E-state index contributed by atoms with van der Waals surface area (Å²) in [6.45, 7) is 0.828. The Hall–Kier alpha value is -3.27. The van der Waals surface area contributed by atoms with E-state index < -0.39 is 21.8 Å². The summed E-state index contributed by atoms with van der Waals surface area (Å²) >= 11 is 0. The number of benzene rings is 2. The average Bonchev–Trinajstić information content (AvgIpc) is 2.64. The van der Waals surface area contributed by atoms with Crippen molar-refractivity contribution >= 4 is 27.5 Å². The molecule has 3 N–H and O–H groups in total. The van der Waals surface area contributed by atoms with Crippen LogP contribution in [-0.4, -0.2) is 39.7 Å². The number of carbonyl (C=O) groups is 2. The minimum atomic E-state index is -3.56. The first kappa shape index (κ1) is 18.5. The Morgan fingerprint density at radius 1 is 0.926 bits per heavy atom. The number of anilines is 1. The van der Waals surface area contributed by atoms with Crippen LogP contribution < -0.4 is 25.0 Å². The maximum atomic E-state index is 12.3. The lowest BCUT2D eigenvalue weighted by atomic mass is 10.1. The fraction of sp³-hybridized carbons (Fsp3) is 0.176. The summed E-state index contributed by atoms with van der Waals surface area (Å²) in [5.74, 6) is -0.243. The molecule has 1 heterocycles. The van der Waals surface area contributed by atoms with E-state index in [1.54, 1.807) is 18.2 Å². The normalized spacial score (nSPS) is 12.8. The Balaban J connectivity index is 1.68. The molecule has 142 valence electrons. The van der Waals surface area contributed by atoms with Gasteiger partial charge in [-0.3, -0.25) is 25.2 Å². The lowest BCUT2D eigenvalue weighted by Crippen LogP contribution is -2.42. The zero-order valence-corrected chi connectivity index (χ0v) is 15.1. The van der Waals surface area contributed by atoms with E-state index in [1.807, 2.05) is 0 Å². The van der Waals surface area contributed by atoms with E-state index in [0.717, 1.165) is 6.26 Å². The van der Waals surface area contributed by atoms with E-state index in [4.69, 9.17) is 9.47 Å². The molecule has 0 saturated heterocycles. The molecule has 2 aromatic rings. The molecule has 0 spiro atoms. The zero-order chi connectivity index (χ0) is 19.4. The average molecular weight is 391 g/mol. The molecule has 1 aliphatic rings. The second-order valence-corrected chi connectivity index (χ2v) is 7.43. The number of hydrogen-bond donors (Lipinski definition) is 3. The van der Waals surface area contributed by atoms with E-state index in [1.165, 1.54) is 24.3 Å². The second-order valence-electron chi connectivity index (χ2n) is 5.69. The number of para-hydroxylation sites is 1. The quantitative estimate of drug-likeness (QED) is 0.666. The molecule has 1 aliphatic heterocycles. The van der Waals surface area contributed by atoms with Crippen LogP contribution in [0.3, 0.4) is 0 Å². The summed E-state index contributed by atoms with van der Waals surface area (Å²) in [5, 5.41) is 0. The van der Waals surface area contributed by atoms with E-state index in [0.29, 0.717) is 24.7 Å². The van der Waals surface area contributed by atoms with Crippen molar-refractivity contribution in [3.63, 3.8) is 0 Å². The number of hydrazine groups is 1. The highest BCUT2D eigenvalue weighted by Gasteiger charge is 2.17. The lowest BCUT2D eigenvalue weighted by molar-refractivity contribution is 0.0846. The van der Waals surface area contributed by atoms with E-state index >= 15 is 0 Å². The van der Waals surface area contributed by atoms with Crippen LogP contribution >= 0.6 is 0 Å². The van der Waals surface area contributed by atoms with Gasteiger partial charge in [-0.2, -0.15) is 0 Å². The second kappa shape index (κ2) is 7.54. The summed E-state index contributed by atoms with van der Waals surface area (Å²) in [7, 11) is -3.56. The maximum absolute atomic E-state index is 12.3. The van der Waals surface area contributed by atoms with Gasteiger partial charge in [0.25, 0.3) is 11.8 Å². The molecule has 10 heteroatoms. The number of sulfonamides is 1. The number of ether oxygens (including phenoxy) is 2. The monoisotopic (exact) mass is 391 g/mol. The van der Waals surface area contributed by atoms with Gasteiger partial charge in [-0.15, -0.1) is 0 Å². The molecule has 0 fully saturated rings. The molecule has 0 aromatic heterocycles. The van der Waals surface area contributed by atoms with Crippen LogP contribution in [-0.2, 0) is 10.0 Å². The lowest BCUT2D eigenvalue weighted by Gasteiger charge is -2.18. The van der Waals surface area contributed by atoms with Gasteiger partial charge >= 0.3 is 0 Å². The standard InChI is InChI=1S/C17H17N3O6S/c1-27(23,24)20-13-5-3-2-4-12(13)17(22)19-18-16(21)11-6-7-14-15(10-11)26-9-8-25-14/h2-7,10,20H,8-9H2,1H3,(H,18,21)(H,19,22). The van der Waals surface area contributed by atoms with Gasteiger partial charge < -0.3 is 9.47 Å². The molecule has 0 unspecified atom stereocenters. The first-order valence-corrected chi connectivity index (χ1v) is 9.80. The van der Waals surface area contributed by atoms with Crippen LogP contribution in [0.15, 0.2) is 42.5 Å². The van der Waals surface area contributed by atoms with E-state index in [9.17, 15) is 18.0 Å². The van der Waals surface area contributed by atoms with Crippen LogP contribution in [0, 0.1) is 0 Å². The predicted octanol–water partition coefficient (Wildman–Crippen LogP) is 0.904. The van der Waals surface area contributed by atoms with Gasteiger partial charge in [0.2, 0.25) is 10.0 Å². The SMILES string of the molecule is CS(=O)(=O)Nc1ccccc1C(=O)NNC(=O)c1ccc2c(c1)OCCO2. The summed E-state index contributed by atoms with van der Waals surface area (Å²) in [6.07, 6.45) is 0.978. The fourth-order valence-electron chi connectivity index (χ4n) is 2.41. The summed E-state index contributed by atoms with van der Waals surface area (Å²) in [4.78, 5) is 24.6. The molecule has 27 heavy (non-hydrogen) atoms. The predicted molar refractivity (Wildman–Crippen MR) is 97.3 cm³/mol. The number of nitrogens with one attached hydrogen (secondary N) is 3. The van der Waals surface area contributed by atoms with Crippen molar-refractivity contribution in [2.45, 2.75) is 0 Å². The fourth-order valence-corrected chi connectivity index (χ4v) is 2.98. The smallest absolute Gasteiger partial charge is 0.271 e. The molecule has 0 saturated carbocycles. The molecule has 0 bridgehead atoms. The van der Waals surface area contributed by atoms with Gasteiger partial charge in [-0.25, -0.2) is 8.42 Å². The van der Waals surface area contributed by atoms with Gasteiger partial charge in [-0.1, -0.05) is 12.1 Å². The number of hydrogen-bond acceptors (Lipinski definition) is 6. The minimum absolute atomic E-state index is 0.0606. The summed E-state index contributed by atoms with van der Waals surface area (Å²) in [6, 6.07) is 10.7. The first-order chi connectivity index (χ1) is 12.8.